The molecule has 0 atom stereocenters. The van der Waals surface area contributed by atoms with Crippen molar-refractivity contribution in [1.82, 2.24) is 14.6 Å². The van der Waals surface area contributed by atoms with Gasteiger partial charge < -0.3 is 16.0 Å². The van der Waals surface area contributed by atoms with Crippen LogP contribution >= 0.6 is 22.9 Å². The zero-order valence-electron chi connectivity index (χ0n) is 20.1. The Morgan fingerprint density at radius 2 is 1.88 bits per heavy atom. The molecule has 0 spiro atoms. The first-order chi connectivity index (χ1) is 15.9. The van der Waals surface area contributed by atoms with E-state index < -0.39 is 10.0 Å². The number of sulfonamides is 1. The number of carbonyl (C=O) groups excluding carboxylic acids is 1. The number of aromatic nitrogens is 1. The molecule has 2 aromatic rings. The highest BCUT2D eigenvalue weighted by molar-refractivity contribution is 7.89. The summed E-state index contributed by atoms with van der Waals surface area (Å²) in [5.41, 5.74) is 7.50. The molecule has 0 aliphatic heterocycles. The first-order valence-electron chi connectivity index (χ1n) is 11.4. The minimum Gasteiger partial charge on any atom is -0.382 e. The van der Waals surface area contributed by atoms with Gasteiger partial charge in [-0.3, -0.25) is 4.79 Å². The number of carbonyl (C=O) groups is 1. The normalized spacial score (nSPS) is 19.0. The lowest BCUT2D eigenvalue weighted by Gasteiger charge is -2.29. The zero-order valence-corrected chi connectivity index (χ0v) is 22.5. The smallest absolute Gasteiger partial charge is 0.212 e. The van der Waals surface area contributed by atoms with Gasteiger partial charge in [0.2, 0.25) is 15.8 Å². The van der Waals surface area contributed by atoms with Crippen molar-refractivity contribution in [3.8, 4) is 0 Å². The van der Waals surface area contributed by atoms with Gasteiger partial charge in [-0.15, -0.1) is 0 Å². The van der Waals surface area contributed by atoms with Gasteiger partial charge >= 0.3 is 0 Å². The third-order valence-electron chi connectivity index (χ3n) is 5.59. The Bertz CT molecular complexity index is 1110. The number of rotatable bonds is 10. The van der Waals surface area contributed by atoms with Crippen LogP contribution in [0.2, 0.25) is 5.02 Å². The average molecular weight is 528 g/mol. The molecule has 0 saturated heterocycles. The number of nitrogens with zero attached hydrogens (tertiary/aromatic N) is 2. The molecule has 11 heteroatoms. The summed E-state index contributed by atoms with van der Waals surface area (Å²) in [6, 6.07) is 5.53. The van der Waals surface area contributed by atoms with Crippen LogP contribution in [0.1, 0.15) is 60.3 Å². The number of ketones is 1. The molecular formula is C23H34ClN5O3S2. The molecule has 0 unspecified atom stereocenters. The number of hydrogen-bond donors (Lipinski definition) is 3. The average Bonchev–Trinajstić information content (AvgIpc) is 3.07. The van der Waals surface area contributed by atoms with Crippen LogP contribution in [0, 0.1) is 5.92 Å². The van der Waals surface area contributed by atoms with E-state index in [9.17, 15) is 13.2 Å². The molecule has 0 radical (unpaired) electrons. The summed E-state index contributed by atoms with van der Waals surface area (Å²) in [6.45, 7) is 4.52. The molecule has 4 N–H and O–H groups in total. The maximum atomic E-state index is 13.1. The Hall–Kier alpha value is -1.72. The molecule has 1 fully saturated rings. The highest BCUT2D eigenvalue weighted by Crippen LogP contribution is 2.32. The fraction of sp³-hybridized carbons (Fsp3) is 0.565. The molecule has 3 rings (SSSR count). The molecule has 0 amide bonds. The van der Waals surface area contributed by atoms with Gasteiger partial charge in [0, 0.05) is 24.2 Å². The van der Waals surface area contributed by atoms with Gasteiger partial charge in [-0.05, 0) is 63.4 Å². The van der Waals surface area contributed by atoms with Crippen LogP contribution in [-0.2, 0) is 16.6 Å². The summed E-state index contributed by atoms with van der Waals surface area (Å²) in [5, 5.41) is 4.35. The van der Waals surface area contributed by atoms with Crippen LogP contribution in [0.4, 0.5) is 10.9 Å². The summed E-state index contributed by atoms with van der Waals surface area (Å²) < 4.78 is 27.2. The minimum absolute atomic E-state index is 0.0436. The van der Waals surface area contributed by atoms with Crippen molar-refractivity contribution in [2.45, 2.75) is 58.2 Å². The van der Waals surface area contributed by atoms with E-state index in [2.05, 4.69) is 15.0 Å². The number of benzene rings is 1. The van der Waals surface area contributed by atoms with Gasteiger partial charge in [0.15, 0.2) is 5.13 Å². The Balaban J connectivity index is 1.60. The molecule has 8 nitrogen and oxygen atoms in total. The van der Waals surface area contributed by atoms with Gasteiger partial charge in [0.25, 0.3) is 0 Å². The fourth-order valence-electron chi connectivity index (χ4n) is 4.16. The number of nitrogens with two attached hydrogens (primary N) is 1. The molecule has 1 saturated carbocycles. The van der Waals surface area contributed by atoms with Gasteiger partial charge in [0.05, 0.1) is 10.8 Å². The molecule has 1 aliphatic carbocycles. The van der Waals surface area contributed by atoms with Crippen molar-refractivity contribution in [2.75, 3.05) is 30.9 Å². The number of halogens is 1. The van der Waals surface area contributed by atoms with Gasteiger partial charge in [-0.25, -0.2) is 18.1 Å². The van der Waals surface area contributed by atoms with Crippen molar-refractivity contribution >= 4 is 49.7 Å². The second-order valence-electron chi connectivity index (χ2n) is 9.60. The van der Waals surface area contributed by atoms with E-state index in [1.54, 1.807) is 12.1 Å². The number of nitrogen functional groups attached to an aromatic ring is 1. The van der Waals surface area contributed by atoms with E-state index in [-0.39, 0.29) is 35.4 Å². The molecule has 0 bridgehead atoms. The van der Waals surface area contributed by atoms with Crippen molar-refractivity contribution in [3.63, 3.8) is 0 Å². The van der Waals surface area contributed by atoms with E-state index in [0.717, 1.165) is 37.8 Å². The van der Waals surface area contributed by atoms with Gasteiger partial charge in [-0.2, -0.15) is 0 Å². The van der Waals surface area contributed by atoms with Crippen LogP contribution in [0.5, 0.6) is 0 Å². The number of hydrogen-bond acceptors (Lipinski definition) is 8. The summed E-state index contributed by atoms with van der Waals surface area (Å²) in [5.74, 6) is 0.172. The third kappa shape index (κ3) is 7.39. The van der Waals surface area contributed by atoms with Crippen molar-refractivity contribution < 1.29 is 13.2 Å². The van der Waals surface area contributed by atoms with Crippen molar-refractivity contribution in [1.29, 1.82) is 0 Å². The molecular weight excluding hydrogens is 494 g/mol. The Morgan fingerprint density at radius 1 is 1.24 bits per heavy atom. The molecule has 188 valence electrons. The largest absolute Gasteiger partial charge is 0.382 e. The summed E-state index contributed by atoms with van der Waals surface area (Å²) in [7, 11) is 0.684. The number of nitrogens with one attached hydrogen (secondary N) is 2. The molecule has 1 aromatic heterocycles. The van der Waals surface area contributed by atoms with E-state index in [1.165, 1.54) is 11.3 Å². The predicted octanol–water partition coefficient (Wildman–Crippen LogP) is 3.97. The monoisotopic (exact) mass is 527 g/mol. The van der Waals surface area contributed by atoms with Crippen molar-refractivity contribution in [3.05, 3.63) is 39.2 Å². The quantitative estimate of drug-likeness (QED) is 0.400. The van der Waals surface area contributed by atoms with Crippen molar-refractivity contribution in [2.24, 2.45) is 5.92 Å². The maximum absolute atomic E-state index is 13.1. The second-order valence-corrected chi connectivity index (χ2v) is 12.8. The second kappa shape index (κ2) is 11.3. The molecule has 1 heterocycles. The van der Waals surface area contributed by atoms with E-state index in [0.29, 0.717) is 20.6 Å². The topological polar surface area (TPSA) is 117 Å². The third-order valence-corrected chi connectivity index (χ3v) is 8.70. The predicted molar refractivity (Wildman–Crippen MR) is 140 cm³/mol. The van der Waals surface area contributed by atoms with Crippen LogP contribution < -0.4 is 15.8 Å². The Kier molecular flexibility index (Phi) is 8.97. The number of anilines is 2. The Labute approximate surface area is 211 Å². The van der Waals surface area contributed by atoms with Crippen LogP contribution in [0.3, 0.4) is 0 Å². The Morgan fingerprint density at radius 3 is 2.47 bits per heavy atom. The summed E-state index contributed by atoms with van der Waals surface area (Å²) >= 11 is 7.62. The van der Waals surface area contributed by atoms with Crippen LogP contribution in [-0.4, -0.2) is 56.0 Å². The lowest BCUT2D eigenvalue weighted by Crippen LogP contribution is -2.41. The molecule has 34 heavy (non-hydrogen) atoms. The van der Waals surface area contributed by atoms with Crippen LogP contribution in [0.25, 0.3) is 0 Å². The first kappa shape index (κ1) is 26.9. The molecule has 1 aromatic carbocycles. The molecule has 1 aliphatic rings. The fourth-order valence-corrected chi connectivity index (χ4v) is 7.08. The summed E-state index contributed by atoms with van der Waals surface area (Å²) in [4.78, 5) is 19.8. The van der Waals surface area contributed by atoms with Gasteiger partial charge in [-0.1, -0.05) is 42.9 Å². The standard InChI is InChI=1S/C23H34ClN5O3S2/c1-14(2)13-34(31,32)28-17-8-6-16(7-9-17)26-23-27-22(25)21(33-23)20(30)18-10-5-15(11-19(18)24)12-29(3)4/h5,10-11,14,16-17,28H,6-9,12-13,25H2,1-4H3,(H,26,27)/t16-,17-. The van der Waals surface area contributed by atoms with E-state index in [1.807, 2.05) is 38.9 Å². The van der Waals surface area contributed by atoms with Crippen LogP contribution in [0.15, 0.2) is 18.2 Å². The lowest BCUT2D eigenvalue weighted by atomic mass is 9.92. The number of thiazole rings is 1. The SMILES string of the molecule is CC(C)CS(=O)(=O)N[C@H]1CC[C@H](Nc2nc(N)c(C(=O)c3ccc(CN(C)C)cc3Cl)s2)CC1. The van der Waals surface area contributed by atoms with E-state index in [4.69, 9.17) is 17.3 Å². The first-order valence-corrected chi connectivity index (χ1v) is 14.3. The lowest BCUT2D eigenvalue weighted by molar-refractivity contribution is 0.104. The van der Waals surface area contributed by atoms with E-state index >= 15 is 0 Å². The zero-order chi connectivity index (χ0) is 25.0. The van der Waals surface area contributed by atoms with Gasteiger partial charge in [0.1, 0.15) is 10.7 Å². The summed E-state index contributed by atoms with van der Waals surface area (Å²) in [6.07, 6.45) is 3.10. The highest BCUT2D eigenvalue weighted by atomic mass is 35.5. The highest BCUT2D eigenvalue weighted by Gasteiger charge is 2.27. The maximum Gasteiger partial charge on any atom is 0.212 e. The minimum atomic E-state index is -3.26.